The van der Waals surface area contributed by atoms with E-state index in [1.807, 2.05) is 13.8 Å². The zero-order valence-electron chi connectivity index (χ0n) is 8.55. The van der Waals surface area contributed by atoms with Gasteiger partial charge in [-0.3, -0.25) is 4.98 Å². The summed E-state index contributed by atoms with van der Waals surface area (Å²) in [5, 5.41) is 0. The molecular weight excluding hydrogens is 177 g/mol. The highest BCUT2D eigenvalue weighted by molar-refractivity contribution is 5.75. The highest BCUT2D eigenvalue weighted by atomic mass is 19.1. The highest BCUT2D eigenvalue weighted by Crippen LogP contribution is 2.27. The summed E-state index contributed by atoms with van der Waals surface area (Å²) in [4.78, 5) is 3.87. The number of allylic oxidation sites excluding steroid dienone is 1. The summed E-state index contributed by atoms with van der Waals surface area (Å²) in [6, 6.07) is 1.77. The van der Waals surface area contributed by atoms with Crippen molar-refractivity contribution in [1.82, 2.24) is 4.98 Å². The smallest absolute Gasteiger partial charge is 0.125 e. The SMILES string of the molecule is C=C(F)c1cnccc1C(=C)C(C)C. The first kappa shape index (κ1) is 10.6. The van der Waals surface area contributed by atoms with E-state index >= 15 is 0 Å². The molecule has 0 saturated carbocycles. The minimum absolute atomic E-state index is 0.287. The van der Waals surface area contributed by atoms with Gasteiger partial charge in [-0.2, -0.15) is 0 Å². The third kappa shape index (κ3) is 2.08. The van der Waals surface area contributed by atoms with Crippen LogP contribution in [0.3, 0.4) is 0 Å². The lowest BCUT2D eigenvalue weighted by Gasteiger charge is -2.12. The number of aromatic nitrogens is 1. The first-order chi connectivity index (χ1) is 6.54. The predicted molar refractivity (Wildman–Crippen MR) is 58.3 cm³/mol. The Labute approximate surface area is 84.0 Å². The zero-order chi connectivity index (χ0) is 10.7. The maximum atomic E-state index is 13.0. The van der Waals surface area contributed by atoms with Crippen LogP contribution in [0.25, 0.3) is 11.4 Å². The third-order valence-corrected chi connectivity index (χ3v) is 2.16. The molecule has 0 aliphatic rings. The lowest BCUT2D eigenvalue weighted by atomic mass is 9.94. The van der Waals surface area contributed by atoms with Crippen molar-refractivity contribution in [2.24, 2.45) is 5.92 Å². The quantitative estimate of drug-likeness (QED) is 0.710. The van der Waals surface area contributed by atoms with Crippen molar-refractivity contribution in [3.63, 3.8) is 0 Å². The van der Waals surface area contributed by atoms with Gasteiger partial charge in [-0.05, 0) is 23.1 Å². The van der Waals surface area contributed by atoms with Crippen LogP contribution in [0.4, 0.5) is 4.39 Å². The van der Waals surface area contributed by atoms with E-state index in [0.717, 1.165) is 11.1 Å². The van der Waals surface area contributed by atoms with E-state index in [2.05, 4.69) is 18.1 Å². The number of pyridine rings is 1. The summed E-state index contributed by atoms with van der Waals surface area (Å²) in [7, 11) is 0. The van der Waals surface area contributed by atoms with Crippen molar-refractivity contribution < 1.29 is 4.39 Å². The number of nitrogens with zero attached hydrogens (tertiary/aromatic N) is 1. The molecule has 0 aliphatic carbocycles. The van der Waals surface area contributed by atoms with Crippen LogP contribution in [0.2, 0.25) is 0 Å². The molecule has 0 fully saturated rings. The van der Waals surface area contributed by atoms with E-state index in [4.69, 9.17) is 0 Å². The largest absolute Gasteiger partial charge is 0.264 e. The van der Waals surface area contributed by atoms with Crippen LogP contribution < -0.4 is 0 Å². The summed E-state index contributed by atoms with van der Waals surface area (Å²) in [5.41, 5.74) is 2.13. The van der Waals surface area contributed by atoms with Gasteiger partial charge in [0, 0.05) is 18.0 Å². The number of hydrogen-bond donors (Lipinski definition) is 0. The lowest BCUT2D eigenvalue weighted by molar-refractivity contribution is 0.760. The molecule has 0 spiro atoms. The van der Waals surface area contributed by atoms with Crippen molar-refractivity contribution in [3.05, 3.63) is 42.7 Å². The van der Waals surface area contributed by atoms with Crippen LogP contribution in [0.5, 0.6) is 0 Å². The van der Waals surface area contributed by atoms with E-state index in [-0.39, 0.29) is 5.92 Å². The van der Waals surface area contributed by atoms with Crippen LogP contribution in [-0.2, 0) is 0 Å². The molecule has 0 bridgehead atoms. The highest BCUT2D eigenvalue weighted by Gasteiger charge is 2.10. The van der Waals surface area contributed by atoms with Gasteiger partial charge in [-0.25, -0.2) is 4.39 Å². The Morgan fingerprint density at radius 3 is 2.50 bits per heavy atom. The van der Waals surface area contributed by atoms with Gasteiger partial charge < -0.3 is 0 Å². The maximum Gasteiger partial charge on any atom is 0.125 e. The molecule has 74 valence electrons. The Bertz CT molecular complexity index is 366. The zero-order valence-corrected chi connectivity index (χ0v) is 8.55. The molecule has 1 aromatic rings. The van der Waals surface area contributed by atoms with Gasteiger partial charge in [0.25, 0.3) is 0 Å². The van der Waals surface area contributed by atoms with Crippen LogP contribution in [0.1, 0.15) is 25.0 Å². The summed E-state index contributed by atoms with van der Waals surface area (Å²) >= 11 is 0. The second-order valence-electron chi connectivity index (χ2n) is 3.51. The van der Waals surface area contributed by atoms with Crippen LogP contribution in [0.15, 0.2) is 31.6 Å². The average molecular weight is 191 g/mol. The fourth-order valence-corrected chi connectivity index (χ4v) is 1.20. The van der Waals surface area contributed by atoms with Crippen molar-refractivity contribution in [1.29, 1.82) is 0 Å². The second kappa shape index (κ2) is 4.18. The number of halogens is 1. The molecular formula is C12H14FN. The van der Waals surface area contributed by atoms with E-state index in [9.17, 15) is 4.39 Å². The molecule has 0 saturated heterocycles. The fourth-order valence-electron chi connectivity index (χ4n) is 1.20. The molecule has 0 N–H and O–H groups in total. The van der Waals surface area contributed by atoms with Crippen LogP contribution >= 0.6 is 0 Å². The first-order valence-corrected chi connectivity index (χ1v) is 4.52. The van der Waals surface area contributed by atoms with E-state index in [1.165, 1.54) is 6.20 Å². The summed E-state index contributed by atoms with van der Waals surface area (Å²) in [6.07, 6.45) is 3.11. The summed E-state index contributed by atoms with van der Waals surface area (Å²) in [6.45, 7) is 11.3. The van der Waals surface area contributed by atoms with Gasteiger partial charge in [0.1, 0.15) is 5.83 Å². The van der Waals surface area contributed by atoms with E-state index in [0.29, 0.717) is 5.56 Å². The molecule has 1 nitrogen and oxygen atoms in total. The Morgan fingerprint density at radius 2 is 2.00 bits per heavy atom. The van der Waals surface area contributed by atoms with Crippen LogP contribution in [-0.4, -0.2) is 4.98 Å². The monoisotopic (exact) mass is 191 g/mol. The Kier molecular flexibility index (Phi) is 3.18. The number of hydrogen-bond acceptors (Lipinski definition) is 1. The van der Waals surface area contributed by atoms with Gasteiger partial charge >= 0.3 is 0 Å². The van der Waals surface area contributed by atoms with Gasteiger partial charge in [0.2, 0.25) is 0 Å². The Balaban J connectivity index is 3.20. The van der Waals surface area contributed by atoms with Gasteiger partial charge in [-0.1, -0.05) is 27.0 Å². The normalized spacial score (nSPS) is 10.3. The number of rotatable bonds is 3. The molecule has 2 heteroatoms. The Morgan fingerprint density at radius 1 is 1.36 bits per heavy atom. The molecule has 1 heterocycles. The van der Waals surface area contributed by atoms with Gasteiger partial charge in [0.05, 0.1) is 0 Å². The van der Waals surface area contributed by atoms with Crippen molar-refractivity contribution in [3.8, 4) is 0 Å². The minimum atomic E-state index is -0.463. The van der Waals surface area contributed by atoms with Gasteiger partial charge in [0.15, 0.2) is 0 Å². The summed E-state index contributed by atoms with van der Waals surface area (Å²) < 4.78 is 13.0. The lowest BCUT2D eigenvalue weighted by Crippen LogP contribution is -1.96. The van der Waals surface area contributed by atoms with Crippen molar-refractivity contribution >= 4 is 11.4 Å². The van der Waals surface area contributed by atoms with Crippen molar-refractivity contribution in [2.45, 2.75) is 13.8 Å². The van der Waals surface area contributed by atoms with Crippen LogP contribution in [0, 0.1) is 5.92 Å². The molecule has 0 aromatic carbocycles. The Hall–Kier alpha value is -1.44. The van der Waals surface area contributed by atoms with Gasteiger partial charge in [-0.15, -0.1) is 0 Å². The molecule has 0 radical (unpaired) electrons. The maximum absolute atomic E-state index is 13.0. The summed E-state index contributed by atoms with van der Waals surface area (Å²) in [5.74, 6) is -0.176. The molecule has 14 heavy (non-hydrogen) atoms. The van der Waals surface area contributed by atoms with E-state index < -0.39 is 5.83 Å². The third-order valence-electron chi connectivity index (χ3n) is 2.16. The minimum Gasteiger partial charge on any atom is -0.264 e. The van der Waals surface area contributed by atoms with E-state index in [1.54, 1.807) is 12.3 Å². The average Bonchev–Trinajstić information content (AvgIpc) is 2.16. The fraction of sp³-hybridized carbons (Fsp3) is 0.250. The first-order valence-electron chi connectivity index (χ1n) is 4.52. The topological polar surface area (TPSA) is 12.9 Å². The standard InChI is InChI=1S/C12H14FN/c1-8(2)9(3)11-5-6-14-7-12(11)10(4)13/h5-8H,3-4H2,1-2H3. The molecule has 0 atom stereocenters. The molecule has 1 rings (SSSR count). The molecule has 1 aromatic heterocycles. The predicted octanol–water partition coefficient (Wildman–Crippen LogP) is 3.69. The van der Waals surface area contributed by atoms with Crippen molar-refractivity contribution in [2.75, 3.05) is 0 Å². The molecule has 0 aliphatic heterocycles. The molecule has 0 unspecified atom stereocenters. The molecule has 0 amide bonds. The second-order valence-corrected chi connectivity index (χ2v) is 3.51.